The molecule has 34 heavy (non-hydrogen) atoms. The Bertz CT molecular complexity index is 1090. The molecule has 1 N–H and O–H groups in total. The van der Waals surface area contributed by atoms with E-state index in [1.807, 2.05) is 11.8 Å². The van der Waals surface area contributed by atoms with Gasteiger partial charge in [0.2, 0.25) is 0 Å². The average molecular weight is 487 g/mol. The van der Waals surface area contributed by atoms with Crippen LogP contribution in [0.25, 0.3) is 0 Å². The second-order valence-electron chi connectivity index (χ2n) is 8.53. The number of rotatable bonds is 8. The number of piperazine rings is 1. The van der Waals surface area contributed by atoms with Crippen LogP contribution in [0.1, 0.15) is 25.0 Å². The largest absolute Gasteiger partial charge is 0.483 e. The maximum atomic E-state index is 13.2. The molecule has 2 aromatic carbocycles. The first-order valence-corrected chi connectivity index (χ1v) is 11.6. The molecule has 7 nitrogen and oxygen atoms in total. The van der Waals surface area contributed by atoms with Crippen molar-refractivity contribution in [3.63, 3.8) is 0 Å². The van der Waals surface area contributed by atoms with Crippen LogP contribution < -0.4 is 10.1 Å². The Balaban J connectivity index is 1.34. The summed E-state index contributed by atoms with van der Waals surface area (Å²) in [4.78, 5) is 21.2. The van der Waals surface area contributed by atoms with E-state index in [4.69, 9.17) is 20.8 Å². The summed E-state index contributed by atoms with van der Waals surface area (Å²) in [6, 6.07) is 12.4. The van der Waals surface area contributed by atoms with Gasteiger partial charge >= 0.3 is 0 Å². The maximum Gasteiger partial charge on any atom is 0.294 e. The lowest BCUT2D eigenvalue weighted by atomic mass is 10.1. The first kappa shape index (κ1) is 24.0. The first-order valence-electron chi connectivity index (χ1n) is 11.2. The average Bonchev–Trinajstić information content (AvgIpc) is 3.34. The molecule has 0 aliphatic carbocycles. The number of carbonyl (C=O) groups is 1. The molecule has 1 amide bonds. The topological polar surface area (TPSA) is 70.8 Å². The maximum absolute atomic E-state index is 13.2. The third-order valence-corrected chi connectivity index (χ3v) is 6.21. The van der Waals surface area contributed by atoms with Crippen LogP contribution in [0.2, 0.25) is 5.02 Å². The molecule has 9 heteroatoms. The number of amides is 1. The molecule has 1 aliphatic rings. The number of hydrogen-bond acceptors (Lipinski definition) is 6. The van der Waals surface area contributed by atoms with Crippen LogP contribution in [0.5, 0.6) is 5.75 Å². The third-order valence-electron chi connectivity index (χ3n) is 5.97. The summed E-state index contributed by atoms with van der Waals surface area (Å²) >= 11 is 6.16. The van der Waals surface area contributed by atoms with Crippen molar-refractivity contribution in [2.24, 2.45) is 0 Å². The van der Waals surface area contributed by atoms with Gasteiger partial charge in [-0.3, -0.25) is 9.69 Å². The van der Waals surface area contributed by atoms with Gasteiger partial charge in [0.25, 0.3) is 11.9 Å². The van der Waals surface area contributed by atoms with Gasteiger partial charge in [-0.2, -0.15) is 0 Å². The van der Waals surface area contributed by atoms with Gasteiger partial charge in [-0.25, -0.2) is 9.37 Å². The Morgan fingerprint density at radius 1 is 1.21 bits per heavy atom. The van der Waals surface area contributed by atoms with Crippen LogP contribution in [0.3, 0.4) is 0 Å². The number of hydrogen-bond donors (Lipinski definition) is 1. The molecule has 1 fully saturated rings. The molecule has 0 bridgehead atoms. The number of nitrogens with one attached hydrogen (secondary N) is 1. The predicted octanol–water partition coefficient (Wildman–Crippen LogP) is 4.58. The Hall–Kier alpha value is -3.10. The molecule has 0 spiro atoms. The van der Waals surface area contributed by atoms with E-state index in [0.29, 0.717) is 29.9 Å². The molecule has 4 rings (SSSR count). The van der Waals surface area contributed by atoms with E-state index in [-0.39, 0.29) is 30.4 Å². The fourth-order valence-corrected chi connectivity index (χ4v) is 4.32. The van der Waals surface area contributed by atoms with Crippen molar-refractivity contribution in [3.8, 4) is 5.75 Å². The van der Waals surface area contributed by atoms with E-state index in [2.05, 4.69) is 22.1 Å². The van der Waals surface area contributed by atoms with Crippen LogP contribution >= 0.6 is 11.6 Å². The van der Waals surface area contributed by atoms with E-state index in [0.717, 1.165) is 24.2 Å². The minimum absolute atomic E-state index is 0.0316. The minimum Gasteiger partial charge on any atom is -0.483 e. The van der Waals surface area contributed by atoms with Crippen molar-refractivity contribution in [2.75, 3.05) is 25.0 Å². The number of nitrogens with zero attached hydrogens (tertiary/aromatic N) is 3. The lowest BCUT2D eigenvalue weighted by Gasteiger charge is -2.44. The molecule has 2 heterocycles. The lowest BCUT2D eigenvalue weighted by molar-refractivity contribution is -0.139. The monoisotopic (exact) mass is 486 g/mol. The number of ether oxygens (including phenoxy) is 1. The van der Waals surface area contributed by atoms with Gasteiger partial charge in [0.05, 0.1) is 6.20 Å². The Labute approximate surface area is 203 Å². The zero-order valence-electron chi connectivity index (χ0n) is 19.2. The smallest absolute Gasteiger partial charge is 0.294 e. The molecule has 3 aromatic rings. The summed E-state index contributed by atoms with van der Waals surface area (Å²) < 4.78 is 24.3. The highest BCUT2D eigenvalue weighted by atomic mass is 35.5. The van der Waals surface area contributed by atoms with Gasteiger partial charge in [0.15, 0.2) is 6.61 Å². The summed E-state index contributed by atoms with van der Waals surface area (Å²) in [5.41, 5.74) is 1.85. The van der Waals surface area contributed by atoms with Crippen molar-refractivity contribution in [3.05, 3.63) is 76.9 Å². The van der Waals surface area contributed by atoms with Gasteiger partial charge in [-0.05, 0) is 49.7 Å². The summed E-state index contributed by atoms with van der Waals surface area (Å²) in [6.45, 7) is 6.51. The first-order chi connectivity index (χ1) is 16.4. The van der Waals surface area contributed by atoms with Crippen molar-refractivity contribution in [2.45, 2.75) is 39.0 Å². The summed E-state index contributed by atoms with van der Waals surface area (Å²) in [7, 11) is 0. The van der Waals surface area contributed by atoms with Crippen LogP contribution in [-0.4, -0.2) is 52.5 Å². The van der Waals surface area contributed by atoms with Crippen LogP contribution in [-0.2, 0) is 17.9 Å². The van der Waals surface area contributed by atoms with Gasteiger partial charge in [0, 0.05) is 48.8 Å². The number of anilines is 1. The molecule has 1 aromatic heterocycles. The molecular weight excluding hydrogens is 459 g/mol. The number of aromatic nitrogens is 1. The van der Waals surface area contributed by atoms with Crippen molar-refractivity contribution >= 4 is 23.5 Å². The van der Waals surface area contributed by atoms with Crippen molar-refractivity contribution in [1.82, 2.24) is 14.8 Å². The van der Waals surface area contributed by atoms with Crippen LogP contribution in [0.15, 0.2) is 59.3 Å². The van der Waals surface area contributed by atoms with Gasteiger partial charge in [-0.15, -0.1) is 0 Å². The second kappa shape index (κ2) is 10.9. The highest BCUT2D eigenvalue weighted by Crippen LogP contribution is 2.25. The quantitative estimate of drug-likeness (QED) is 0.502. The summed E-state index contributed by atoms with van der Waals surface area (Å²) in [5.74, 6) is 0.271. The third kappa shape index (κ3) is 6.07. The van der Waals surface area contributed by atoms with Crippen LogP contribution in [0.4, 0.5) is 10.4 Å². The lowest BCUT2D eigenvalue weighted by Crippen LogP contribution is -2.58. The number of halogens is 2. The summed E-state index contributed by atoms with van der Waals surface area (Å²) in [6.07, 6.45) is 3.04. The van der Waals surface area contributed by atoms with Crippen molar-refractivity contribution < 1.29 is 18.3 Å². The molecular formula is C25H28ClFN4O3. The second-order valence-corrected chi connectivity index (χ2v) is 8.97. The normalized spacial score (nSPS) is 18.6. The molecule has 2 atom stereocenters. The van der Waals surface area contributed by atoms with Crippen molar-refractivity contribution in [1.29, 1.82) is 0 Å². The Kier molecular flexibility index (Phi) is 7.70. The van der Waals surface area contributed by atoms with Crippen LogP contribution in [0, 0.1) is 5.82 Å². The Morgan fingerprint density at radius 2 is 2.00 bits per heavy atom. The zero-order valence-corrected chi connectivity index (χ0v) is 20.0. The standard InChI is InChI=1S/C25H28ClFN4O3/c1-17-14-31(18(2)13-30(17)15-19-3-6-22(27)7-4-19)24(32)16-34-23-8-5-21(26)11-20(23)12-29-25-28-9-10-33-25/h3-11,17-18H,12-16H2,1-2H3,(H,28,29). The molecule has 2 unspecified atom stereocenters. The predicted molar refractivity (Wildman–Crippen MR) is 128 cm³/mol. The Morgan fingerprint density at radius 3 is 2.74 bits per heavy atom. The molecule has 0 saturated carbocycles. The zero-order chi connectivity index (χ0) is 24.1. The number of oxazole rings is 1. The van der Waals surface area contributed by atoms with Gasteiger partial charge in [-0.1, -0.05) is 23.7 Å². The van der Waals surface area contributed by atoms with Gasteiger partial charge < -0.3 is 19.4 Å². The van der Waals surface area contributed by atoms with Gasteiger partial charge in [0.1, 0.15) is 17.8 Å². The van der Waals surface area contributed by atoms with E-state index in [1.165, 1.54) is 18.4 Å². The molecule has 180 valence electrons. The van der Waals surface area contributed by atoms with E-state index in [9.17, 15) is 9.18 Å². The van der Waals surface area contributed by atoms with E-state index in [1.54, 1.807) is 36.5 Å². The highest BCUT2D eigenvalue weighted by molar-refractivity contribution is 6.30. The SMILES string of the molecule is CC1CN(C(=O)COc2ccc(Cl)cc2CNc2ncco2)C(C)CN1Cc1ccc(F)cc1. The number of benzene rings is 2. The minimum atomic E-state index is -0.238. The molecule has 1 saturated heterocycles. The number of carbonyl (C=O) groups excluding carboxylic acids is 1. The fourth-order valence-electron chi connectivity index (χ4n) is 4.12. The summed E-state index contributed by atoms with van der Waals surface area (Å²) in [5, 5.41) is 3.63. The fraction of sp³-hybridized carbons (Fsp3) is 0.360. The van der Waals surface area contributed by atoms with E-state index >= 15 is 0 Å². The molecule has 0 radical (unpaired) electrons. The van der Waals surface area contributed by atoms with E-state index < -0.39 is 0 Å². The highest BCUT2D eigenvalue weighted by Gasteiger charge is 2.32. The molecule has 1 aliphatic heterocycles.